The molecule has 2 aliphatic rings. The number of nitrogens with zero attached hydrogens (tertiary/aromatic N) is 1. The standard InChI is InChI=1S/C64H47N/c1-63(2)58-29-14-12-26-55(58)56-41-40-53(43-61(56)63)65(52-25-16-20-48(42-52)46-34-32-45(33-35-46)44-18-6-3-7-19-44)51-38-36-47(37-39-51)54-28-17-31-60-62(54)57-27-13-15-30-59(57)64(60,49-21-8-4-9-22-49)50-23-10-5-11-24-50/h3-43H,1-2H3. The molecule has 0 radical (unpaired) electrons. The average Bonchev–Trinajstić information content (AvgIpc) is 3.81. The van der Waals surface area contributed by atoms with Gasteiger partial charge < -0.3 is 4.90 Å². The molecular formula is C64H47N. The van der Waals surface area contributed by atoms with Gasteiger partial charge in [-0.1, -0.05) is 226 Å². The van der Waals surface area contributed by atoms with Gasteiger partial charge in [0.25, 0.3) is 0 Å². The van der Waals surface area contributed by atoms with E-state index in [2.05, 4.69) is 267 Å². The summed E-state index contributed by atoms with van der Waals surface area (Å²) in [5, 5.41) is 0. The van der Waals surface area contributed by atoms with E-state index in [1.54, 1.807) is 0 Å². The first kappa shape index (κ1) is 38.7. The van der Waals surface area contributed by atoms with Crippen LogP contribution in [0.2, 0.25) is 0 Å². The average molecular weight is 830 g/mol. The molecule has 0 amide bonds. The van der Waals surface area contributed by atoms with Gasteiger partial charge in [0.05, 0.1) is 5.41 Å². The van der Waals surface area contributed by atoms with Gasteiger partial charge in [0.15, 0.2) is 0 Å². The molecule has 0 N–H and O–H groups in total. The lowest BCUT2D eigenvalue weighted by atomic mass is 9.67. The molecule has 0 saturated carbocycles. The van der Waals surface area contributed by atoms with Gasteiger partial charge in [0.1, 0.15) is 0 Å². The van der Waals surface area contributed by atoms with E-state index in [4.69, 9.17) is 0 Å². The van der Waals surface area contributed by atoms with E-state index < -0.39 is 5.41 Å². The maximum atomic E-state index is 2.44. The number of hydrogen-bond donors (Lipinski definition) is 0. The SMILES string of the molecule is CC1(C)c2ccccc2-c2ccc(N(c3ccc(-c4cccc5c4-c4ccccc4C5(c4ccccc4)c4ccccc4)cc3)c3cccc(-c4ccc(-c5ccccc5)cc4)c3)cc21. The Morgan fingerprint density at radius 3 is 1.43 bits per heavy atom. The number of fused-ring (bicyclic) bond motifs is 6. The maximum Gasteiger partial charge on any atom is 0.0713 e. The van der Waals surface area contributed by atoms with Crippen molar-refractivity contribution in [1.29, 1.82) is 0 Å². The quantitative estimate of drug-likeness (QED) is 0.147. The largest absolute Gasteiger partial charge is 0.310 e. The first-order valence-corrected chi connectivity index (χ1v) is 22.8. The second kappa shape index (κ2) is 15.4. The van der Waals surface area contributed by atoms with Crippen LogP contribution in [0.15, 0.2) is 249 Å². The van der Waals surface area contributed by atoms with Gasteiger partial charge in [-0.3, -0.25) is 0 Å². The normalized spacial score (nSPS) is 13.6. The summed E-state index contributed by atoms with van der Waals surface area (Å²) in [4.78, 5) is 2.44. The molecule has 1 nitrogen and oxygen atoms in total. The lowest BCUT2D eigenvalue weighted by Gasteiger charge is -2.34. The fourth-order valence-corrected chi connectivity index (χ4v) is 11.1. The Kier molecular flexibility index (Phi) is 9.14. The van der Waals surface area contributed by atoms with Gasteiger partial charge in [-0.2, -0.15) is 0 Å². The van der Waals surface area contributed by atoms with Crippen molar-refractivity contribution in [3.8, 4) is 55.6 Å². The third kappa shape index (κ3) is 6.15. The van der Waals surface area contributed by atoms with E-state index in [-0.39, 0.29) is 5.41 Å². The van der Waals surface area contributed by atoms with Crippen LogP contribution in [0.3, 0.4) is 0 Å². The third-order valence-corrected chi connectivity index (χ3v) is 14.2. The molecule has 0 saturated heterocycles. The van der Waals surface area contributed by atoms with Crippen LogP contribution in [0, 0.1) is 0 Å². The van der Waals surface area contributed by atoms with Crippen LogP contribution in [-0.2, 0) is 10.8 Å². The van der Waals surface area contributed by atoms with Crippen molar-refractivity contribution in [1.82, 2.24) is 0 Å². The van der Waals surface area contributed by atoms with Crippen LogP contribution in [0.5, 0.6) is 0 Å². The van der Waals surface area contributed by atoms with Crippen LogP contribution >= 0.6 is 0 Å². The molecule has 12 rings (SSSR count). The number of rotatable bonds is 8. The van der Waals surface area contributed by atoms with Crippen molar-refractivity contribution >= 4 is 17.1 Å². The fraction of sp³-hybridized carbons (Fsp3) is 0.0625. The van der Waals surface area contributed by atoms with Crippen molar-refractivity contribution in [2.45, 2.75) is 24.7 Å². The molecule has 0 aromatic heterocycles. The summed E-state index contributed by atoms with van der Waals surface area (Å²) in [6.45, 7) is 4.72. The van der Waals surface area contributed by atoms with E-state index in [9.17, 15) is 0 Å². The zero-order valence-electron chi connectivity index (χ0n) is 36.6. The molecule has 0 aliphatic heterocycles. The predicted molar refractivity (Wildman–Crippen MR) is 272 cm³/mol. The van der Waals surface area contributed by atoms with Crippen LogP contribution in [0.1, 0.15) is 47.2 Å². The molecule has 0 bridgehead atoms. The summed E-state index contributed by atoms with van der Waals surface area (Å²) in [6, 6.07) is 91.9. The van der Waals surface area contributed by atoms with Crippen molar-refractivity contribution in [2.75, 3.05) is 4.90 Å². The van der Waals surface area contributed by atoms with Gasteiger partial charge in [-0.05, 0) is 125 Å². The Labute approximate surface area is 382 Å². The van der Waals surface area contributed by atoms with E-state index in [1.807, 2.05) is 0 Å². The lowest BCUT2D eigenvalue weighted by Crippen LogP contribution is -2.28. The second-order valence-corrected chi connectivity index (χ2v) is 18.0. The molecule has 0 unspecified atom stereocenters. The van der Waals surface area contributed by atoms with Crippen molar-refractivity contribution in [2.24, 2.45) is 0 Å². The van der Waals surface area contributed by atoms with E-state index in [1.165, 1.54) is 89.0 Å². The Morgan fingerprint density at radius 2 is 0.738 bits per heavy atom. The first-order chi connectivity index (χ1) is 32.0. The van der Waals surface area contributed by atoms with Crippen LogP contribution < -0.4 is 4.90 Å². The summed E-state index contributed by atoms with van der Waals surface area (Å²) in [7, 11) is 0. The zero-order chi connectivity index (χ0) is 43.5. The van der Waals surface area contributed by atoms with Crippen LogP contribution in [0.25, 0.3) is 55.6 Å². The monoisotopic (exact) mass is 829 g/mol. The summed E-state index contributed by atoms with van der Waals surface area (Å²) < 4.78 is 0. The molecule has 2 aliphatic carbocycles. The van der Waals surface area contributed by atoms with Gasteiger partial charge >= 0.3 is 0 Å². The van der Waals surface area contributed by atoms with Gasteiger partial charge in [0, 0.05) is 22.5 Å². The third-order valence-electron chi connectivity index (χ3n) is 14.2. The van der Waals surface area contributed by atoms with Gasteiger partial charge in [-0.25, -0.2) is 0 Å². The molecule has 10 aromatic carbocycles. The Bertz CT molecular complexity index is 3320. The van der Waals surface area contributed by atoms with Gasteiger partial charge in [-0.15, -0.1) is 0 Å². The summed E-state index contributed by atoms with van der Waals surface area (Å²) in [6.07, 6.45) is 0. The maximum absolute atomic E-state index is 2.44. The molecule has 65 heavy (non-hydrogen) atoms. The number of anilines is 3. The van der Waals surface area contributed by atoms with E-state index >= 15 is 0 Å². The lowest BCUT2D eigenvalue weighted by molar-refractivity contribution is 0.660. The smallest absolute Gasteiger partial charge is 0.0713 e. The van der Waals surface area contributed by atoms with E-state index in [0.717, 1.165) is 17.1 Å². The highest BCUT2D eigenvalue weighted by Crippen LogP contribution is 2.58. The Hall–Kier alpha value is -8.00. The molecule has 0 fully saturated rings. The van der Waals surface area contributed by atoms with E-state index in [0.29, 0.717) is 0 Å². The minimum Gasteiger partial charge on any atom is -0.310 e. The molecule has 0 atom stereocenters. The van der Waals surface area contributed by atoms with Crippen LogP contribution in [0.4, 0.5) is 17.1 Å². The topological polar surface area (TPSA) is 3.24 Å². The molecule has 0 heterocycles. The van der Waals surface area contributed by atoms with Crippen molar-refractivity contribution < 1.29 is 0 Å². The highest BCUT2D eigenvalue weighted by atomic mass is 15.1. The zero-order valence-corrected chi connectivity index (χ0v) is 36.6. The Balaban J connectivity index is 0.993. The number of hydrogen-bond acceptors (Lipinski definition) is 1. The summed E-state index contributed by atoms with van der Waals surface area (Å²) in [5.74, 6) is 0. The van der Waals surface area contributed by atoms with Crippen molar-refractivity contribution in [3.05, 3.63) is 282 Å². The minimum atomic E-state index is -0.449. The van der Waals surface area contributed by atoms with Gasteiger partial charge in [0.2, 0.25) is 0 Å². The fourth-order valence-electron chi connectivity index (χ4n) is 11.1. The minimum absolute atomic E-state index is 0.126. The molecule has 1 heteroatoms. The molecular weight excluding hydrogens is 783 g/mol. The van der Waals surface area contributed by atoms with Crippen molar-refractivity contribution in [3.63, 3.8) is 0 Å². The summed E-state index contributed by atoms with van der Waals surface area (Å²) >= 11 is 0. The first-order valence-electron chi connectivity index (χ1n) is 22.8. The number of benzene rings is 10. The van der Waals surface area contributed by atoms with Crippen LogP contribution in [-0.4, -0.2) is 0 Å². The highest BCUT2D eigenvalue weighted by Gasteiger charge is 2.46. The highest BCUT2D eigenvalue weighted by molar-refractivity contribution is 5.96. The molecule has 0 spiro atoms. The Morgan fingerprint density at radius 1 is 0.277 bits per heavy atom. The summed E-state index contributed by atoms with van der Waals surface area (Å²) in [5.41, 5.74) is 23.1. The second-order valence-electron chi connectivity index (χ2n) is 18.0. The predicted octanol–water partition coefficient (Wildman–Crippen LogP) is 16.8. The molecule has 308 valence electrons. The molecule has 10 aromatic rings.